The zero-order valence-electron chi connectivity index (χ0n) is 15.7. The van der Waals surface area contributed by atoms with Gasteiger partial charge < -0.3 is 9.32 Å². The van der Waals surface area contributed by atoms with Crippen LogP contribution in [0.3, 0.4) is 0 Å². The quantitative estimate of drug-likeness (QED) is 0.563. The van der Waals surface area contributed by atoms with Crippen molar-refractivity contribution < 1.29 is 14.0 Å². The average Bonchev–Trinajstić information content (AvgIpc) is 3.38. The van der Waals surface area contributed by atoms with E-state index in [9.17, 15) is 9.59 Å². The molecule has 5 heterocycles. The molecule has 6 rings (SSSR count). The minimum absolute atomic E-state index is 0.0294. The van der Waals surface area contributed by atoms with Gasteiger partial charge >= 0.3 is 0 Å². The number of piperidine rings is 3. The van der Waals surface area contributed by atoms with Gasteiger partial charge in [0.25, 0.3) is 0 Å². The van der Waals surface area contributed by atoms with Crippen LogP contribution < -0.4 is 0 Å². The number of Topliss-reactive ketones (excluding diaryl/α,β-unsaturated/α-hetero) is 2. The summed E-state index contributed by atoms with van der Waals surface area (Å²) in [6.45, 7) is 3.50. The molecule has 0 unspecified atom stereocenters. The molecule has 0 saturated carbocycles. The standard InChI is InChI=1S/C23H23NO3S/c25-19(21-2-1-9-27-21)11-15-3-4-22-17(10-15)13-23(28-22)20(26)12-18-14-24-7-5-16(18)6-8-24/h1-4,9-10,13,16,18H,5-8,11-12,14H2/t18-/m0/s1. The first kappa shape index (κ1) is 17.8. The fraction of sp³-hybridized carbons (Fsp3) is 0.391. The number of carbonyl (C=O) groups excluding carboxylic acids is 2. The fourth-order valence-corrected chi connectivity index (χ4v) is 5.70. The van der Waals surface area contributed by atoms with Crippen LogP contribution in [0.2, 0.25) is 0 Å². The van der Waals surface area contributed by atoms with Crippen molar-refractivity contribution in [3.8, 4) is 0 Å². The molecule has 5 heteroatoms. The Labute approximate surface area is 168 Å². The Kier molecular flexibility index (Phi) is 4.65. The van der Waals surface area contributed by atoms with Crippen molar-refractivity contribution in [2.45, 2.75) is 25.7 Å². The number of fused-ring (bicyclic) bond motifs is 4. The van der Waals surface area contributed by atoms with Gasteiger partial charge in [0.2, 0.25) is 5.78 Å². The van der Waals surface area contributed by atoms with E-state index in [0.717, 1.165) is 33.0 Å². The molecule has 0 amide bonds. The number of nitrogens with zero attached hydrogens (tertiary/aromatic N) is 1. The van der Waals surface area contributed by atoms with Gasteiger partial charge in [0, 0.05) is 24.1 Å². The molecule has 2 aromatic heterocycles. The Morgan fingerprint density at radius 3 is 2.68 bits per heavy atom. The van der Waals surface area contributed by atoms with Crippen molar-refractivity contribution in [1.82, 2.24) is 4.90 Å². The summed E-state index contributed by atoms with van der Waals surface area (Å²) in [6.07, 6.45) is 4.98. The van der Waals surface area contributed by atoms with Gasteiger partial charge in [0.15, 0.2) is 11.5 Å². The van der Waals surface area contributed by atoms with Crippen molar-refractivity contribution in [2.75, 3.05) is 19.6 Å². The third-order valence-corrected chi connectivity index (χ3v) is 7.41. The smallest absolute Gasteiger partial charge is 0.202 e. The average molecular weight is 394 g/mol. The Balaban J connectivity index is 1.30. The van der Waals surface area contributed by atoms with Crippen LogP contribution in [0.15, 0.2) is 47.1 Å². The number of carbonyl (C=O) groups is 2. The lowest BCUT2D eigenvalue weighted by molar-refractivity contribution is 0.0442. The summed E-state index contributed by atoms with van der Waals surface area (Å²) in [5, 5.41) is 1.05. The summed E-state index contributed by atoms with van der Waals surface area (Å²) in [7, 11) is 0. The van der Waals surface area contributed by atoms with Crippen LogP contribution in [0, 0.1) is 11.8 Å². The molecule has 0 aliphatic carbocycles. The van der Waals surface area contributed by atoms with Crippen molar-refractivity contribution in [3.63, 3.8) is 0 Å². The highest BCUT2D eigenvalue weighted by Crippen LogP contribution is 2.36. The van der Waals surface area contributed by atoms with Crippen LogP contribution >= 0.6 is 11.3 Å². The molecule has 4 nitrogen and oxygen atoms in total. The molecule has 0 radical (unpaired) electrons. The Morgan fingerprint density at radius 1 is 1.11 bits per heavy atom. The van der Waals surface area contributed by atoms with Gasteiger partial charge in [-0.25, -0.2) is 0 Å². The predicted octanol–water partition coefficient (Wildman–Crippen LogP) is 4.83. The summed E-state index contributed by atoms with van der Waals surface area (Å²) in [5.74, 6) is 1.87. The van der Waals surface area contributed by atoms with E-state index in [-0.39, 0.29) is 11.6 Å². The monoisotopic (exact) mass is 393 g/mol. The molecule has 1 aromatic carbocycles. The molecular weight excluding hydrogens is 370 g/mol. The van der Waals surface area contributed by atoms with E-state index >= 15 is 0 Å². The van der Waals surface area contributed by atoms with Crippen LogP contribution in [0.1, 0.15) is 45.1 Å². The van der Waals surface area contributed by atoms with Gasteiger partial charge in [0.1, 0.15) is 0 Å². The third-order valence-electron chi connectivity index (χ3n) is 6.26. The van der Waals surface area contributed by atoms with Crippen molar-refractivity contribution in [3.05, 3.63) is 58.9 Å². The van der Waals surface area contributed by atoms with E-state index < -0.39 is 0 Å². The largest absolute Gasteiger partial charge is 0.461 e. The second-order valence-corrected chi connectivity index (χ2v) is 9.17. The first-order valence-corrected chi connectivity index (χ1v) is 10.8. The topological polar surface area (TPSA) is 50.5 Å². The number of furan rings is 1. The van der Waals surface area contributed by atoms with E-state index in [4.69, 9.17) is 4.42 Å². The summed E-state index contributed by atoms with van der Waals surface area (Å²) >= 11 is 1.57. The first-order chi connectivity index (χ1) is 13.7. The van der Waals surface area contributed by atoms with Crippen LogP contribution in [-0.2, 0) is 6.42 Å². The molecule has 3 saturated heterocycles. The van der Waals surface area contributed by atoms with Crippen LogP contribution in [0.5, 0.6) is 0 Å². The molecule has 28 heavy (non-hydrogen) atoms. The zero-order chi connectivity index (χ0) is 19.1. The van der Waals surface area contributed by atoms with Crippen LogP contribution in [-0.4, -0.2) is 36.1 Å². The molecule has 2 bridgehead atoms. The molecule has 0 N–H and O–H groups in total. The van der Waals surface area contributed by atoms with E-state index in [1.807, 2.05) is 24.3 Å². The maximum Gasteiger partial charge on any atom is 0.202 e. The van der Waals surface area contributed by atoms with Crippen LogP contribution in [0.4, 0.5) is 0 Å². The maximum absolute atomic E-state index is 12.9. The molecule has 3 aliphatic heterocycles. The van der Waals surface area contributed by atoms with E-state index in [2.05, 4.69) is 4.90 Å². The molecule has 3 fully saturated rings. The van der Waals surface area contributed by atoms with Gasteiger partial charge in [-0.1, -0.05) is 6.07 Å². The zero-order valence-corrected chi connectivity index (χ0v) is 16.5. The number of thiophene rings is 1. The lowest BCUT2D eigenvalue weighted by Crippen LogP contribution is -2.47. The number of hydrogen-bond donors (Lipinski definition) is 0. The molecule has 3 aliphatic rings. The highest BCUT2D eigenvalue weighted by atomic mass is 32.1. The third kappa shape index (κ3) is 3.45. The van der Waals surface area contributed by atoms with Gasteiger partial charge in [-0.3, -0.25) is 9.59 Å². The minimum Gasteiger partial charge on any atom is -0.461 e. The number of rotatable bonds is 6. The highest BCUT2D eigenvalue weighted by molar-refractivity contribution is 7.20. The van der Waals surface area contributed by atoms with Gasteiger partial charge in [-0.15, -0.1) is 11.3 Å². The van der Waals surface area contributed by atoms with Crippen molar-refractivity contribution >= 4 is 33.0 Å². The lowest BCUT2D eigenvalue weighted by atomic mass is 9.76. The lowest BCUT2D eigenvalue weighted by Gasteiger charge is -2.44. The summed E-state index contributed by atoms with van der Waals surface area (Å²) in [4.78, 5) is 28.5. The molecule has 1 atom stereocenters. The molecule has 0 spiro atoms. The number of ketones is 2. The Bertz CT molecular complexity index is 1010. The molecular formula is C23H23NO3S. The second kappa shape index (κ2) is 7.30. The van der Waals surface area contributed by atoms with Crippen molar-refractivity contribution in [2.24, 2.45) is 11.8 Å². The van der Waals surface area contributed by atoms with E-state index in [1.54, 1.807) is 23.5 Å². The van der Waals surface area contributed by atoms with Gasteiger partial charge in [-0.2, -0.15) is 0 Å². The fourth-order valence-electron chi connectivity index (χ4n) is 4.71. The second-order valence-electron chi connectivity index (χ2n) is 8.09. The number of hydrogen-bond acceptors (Lipinski definition) is 5. The van der Waals surface area contributed by atoms with E-state index in [0.29, 0.717) is 24.5 Å². The van der Waals surface area contributed by atoms with Crippen LogP contribution in [0.25, 0.3) is 10.1 Å². The number of benzene rings is 1. The molecule has 144 valence electrons. The highest BCUT2D eigenvalue weighted by Gasteiger charge is 2.35. The maximum atomic E-state index is 12.9. The summed E-state index contributed by atoms with van der Waals surface area (Å²) in [5.41, 5.74) is 0.947. The Morgan fingerprint density at radius 2 is 1.96 bits per heavy atom. The summed E-state index contributed by atoms with van der Waals surface area (Å²) in [6, 6.07) is 11.4. The predicted molar refractivity (Wildman–Crippen MR) is 110 cm³/mol. The Hall–Kier alpha value is -2.24. The molecule has 3 aromatic rings. The summed E-state index contributed by atoms with van der Waals surface area (Å²) < 4.78 is 6.29. The van der Waals surface area contributed by atoms with E-state index in [1.165, 1.54) is 32.2 Å². The van der Waals surface area contributed by atoms with Gasteiger partial charge in [0.05, 0.1) is 11.1 Å². The minimum atomic E-state index is -0.0294. The van der Waals surface area contributed by atoms with Crippen molar-refractivity contribution in [1.29, 1.82) is 0 Å². The normalized spacial score (nSPS) is 23.9. The van der Waals surface area contributed by atoms with Gasteiger partial charge in [-0.05, 0) is 79.0 Å². The first-order valence-electron chi connectivity index (χ1n) is 10.0. The SMILES string of the molecule is O=C(Cc1ccc2sc(C(=O)C[C@H]3CN4CCC3CC4)cc2c1)c1ccco1.